The Morgan fingerprint density at radius 3 is 2.24 bits per heavy atom. The van der Waals surface area contributed by atoms with Gasteiger partial charge in [0, 0.05) is 0 Å². The summed E-state index contributed by atoms with van der Waals surface area (Å²) in [5.41, 5.74) is -0.612. The molecular weight excluding hydrogens is 247 g/mol. The van der Waals surface area contributed by atoms with Crippen molar-refractivity contribution in [2.75, 3.05) is 0 Å². The maximum atomic E-state index is 12.8. The molecule has 7 heteroatoms. The number of carbonyl (C=O) groups is 1. The SMILES string of the molecule is O=C(O)CC(c1ccc(F)c(F)c1)C(F)(F)F. The van der Waals surface area contributed by atoms with Crippen molar-refractivity contribution in [2.24, 2.45) is 0 Å². The second-order valence-electron chi connectivity index (χ2n) is 3.37. The van der Waals surface area contributed by atoms with Crippen molar-refractivity contribution in [3.63, 3.8) is 0 Å². The van der Waals surface area contributed by atoms with Crippen molar-refractivity contribution >= 4 is 5.97 Å². The van der Waals surface area contributed by atoms with Gasteiger partial charge in [-0.1, -0.05) is 6.07 Å². The third-order valence-corrected chi connectivity index (χ3v) is 2.12. The normalized spacial score (nSPS) is 13.5. The van der Waals surface area contributed by atoms with E-state index in [1.807, 2.05) is 0 Å². The number of carboxylic acid groups (broad SMARTS) is 1. The minimum absolute atomic E-state index is 0.358. The summed E-state index contributed by atoms with van der Waals surface area (Å²) in [5, 5.41) is 8.36. The summed E-state index contributed by atoms with van der Waals surface area (Å²) in [6, 6.07) is 1.61. The molecule has 0 spiro atoms. The fourth-order valence-corrected chi connectivity index (χ4v) is 1.33. The van der Waals surface area contributed by atoms with Gasteiger partial charge in [-0.15, -0.1) is 0 Å². The zero-order valence-corrected chi connectivity index (χ0v) is 8.26. The van der Waals surface area contributed by atoms with Crippen molar-refractivity contribution in [1.82, 2.24) is 0 Å². The van der Waals surface area contributed by atoms with Crippen LogP contribution in [0.15, 0.2) is 18.2 Å². The molecule has 1 aromatic rings. The highest BCUT2D eigenvalue weighted by Crippen LogP contribution is 2.37. The van der Waals surface area contributed by atoms with Gasteiger partial charge in [0.05, 0.1) is 12.3 Å². The number of rotatable bonds is 3. The lowest BCUT2D eigenvalue weighted by atomic mass is 9.95. The first kappa shape index (κ1) is 13.4. The average Bonchev–Trinajstić information content (AvgIpc) is 2.17. The van der Waals surface area contributed by atoms with E-state index in [1.165, 1.54) is 0 Å². The molecule has 1 N–H and O–H groups in total. The van der Waals surface area contributed by atoms with E-state index in [1.54, 1.807) is 0 Å². The number of hydrogen-bond acceptors (Lipinski definition) is 1. The van der Waals surface area contributed by atoms with Gasteiger partial charge in [-0.2, -0.15) is 13.2 Å². The molecule has 0 heterocycles. The van der Waals surface area contributed by atoms with Gasteiger partial charge in [-0.05, 0) is 17.7 Å². The van der Waals surface area contributed by atoms with Gasteiger partial charge in [0.15, 0.2) is 11.6 Å². The van der Waals surface area contributed by atoms with Crippen molar-refractivity contribution < 1.29 is 31.9 Å². The predicted molar refractivity (Wildman–Crippen MR) is 47.4 cm³/mol. The van der Waals surface area contributed by atoms with E-state index >= 15 is 0 Å². The zero-order valence-electron chi connectivity index (χ0n) is 8.26. The Morgan fingerprint density at radius 2 is 1.82 bits per heavy atom. The van der Waals surface area contributed by atoms with Crippen LogP contribution < -0.4 is 0 Å². The number of carboxylic acids is 1. The van der Waals surface area contributed by atoms with E-state index in [0.717, 1.165) is 6.07 Å². The van der Waals surface area contributed by atoms with Gasteiger partial charge < -0.3 is 5.11 Å². The smallest absolute Gasteiger partial charge is 0.396 e. The zero-order chi connectivity index (χ0) is 13.2. The lowest BCUT2D eigenvalue weighted by Gasteiger charge is -2.18. The molecule has 1 rings (SSSR count). The van der Waals surface area contributed by atoms with Crippen LogP contribution in [0.25, 0.3) is 0 Å². The molecule has 1 atom stereocenters. The third kappa shape index (κ3) is 3.40. The molecular formula is C10H7F5O2. The fraction of sp³-hybridized carbons (Fsp3) is 0.300. The second-order valence-corrected chi connectivity index (χ2v) is 3.37. The van der Waals surface area contributed by atoms with Gasteiger partial charge in [0.2, 0.25) is 0 Å². The van der Waals surface area contributed by atoms with Crippen LogP contribution in [0.5, 0.6) is 0 Å². The Kier molecular flexibility index (Phi) is 3.69. The van der Waals surface area contributed by atoms with E-state index < -0.39 is 41.7 Å². The van der Waals surface area contributed by atoms with Gasteiger partial charge in [0.25, 0.3) is 0 Å². The van der Waals surface area contributed by atoms with Crippen LogP contribution in [0.1, 0.15) is 17.9 Å². The maximum Gasteiger partial charge on any atom is 0.396 e. The lowest BCUT2D eigenvalue weighted by molar-refractivity contribution is -0.163. The van der Waals surface area contributed by atoms with E-state index in [-0.39, 0.29) is 0 Å². The average molecular weight is 254 g/mol. The first-order valence-corrected chi connectivity index (χ1v) is 4.45. The summed E-state index contributed by atoms with van der Waals surface area (Å²) in [7, 11) is 0. The molecule has 0 saturated carbocycles. The Labute approximate surface area is 92.7 Å². The molecule has 0 amide bonds. The highest BCUT2D eigenvalue weighted by Gasteiger charge is 2.42. The van der Waals surface area contributed by atoms with Crippen molar-refractivity contribution in [3.8, 4) is 0 Å². The molecule has 0 aliphatic heterocycles. The number of alkyl halides is 3. The van der Waals surface area contributed by atoms with E-state index in [0.29, 0.717) is 12.1 Å². The number of aliphatic carboxylic acids is 1. The molecule has 0 radical (unpaired) electrons. The predicted octanol–water partition coefficient (Wildman–Crippen LogP) is 3.09. The van der Waals surface area contributed by atoms with Crippen LogP contribution in [-0.4, -0.2) is 17.3 Å². The summed E-state index contributed by atoms with van der Waals surface area (Å²) in [6.45, 7) is 0. The summed E-state index contributed by atoms with van der Waals surface area (Å²) < 4.78 is 62.9. The summed E-state index contributed by atoms with van der Waals surface area (Å²) in [4.78, 5) is 10.3. The molecule has 0 aromatic heterocycles. The highest BCUT2D eigenvalue weighted by atomic mass is 19.4. The lowest BCUT2D eigenvalue weighted by Crippen LogP contribution is -2.23. The highest BCUT2D eigenvalue weighted by molar-refractivity contribution is 5.68. The van der Waals surface area contributed by atoms with Crippen LogP contribution in [-0.2, 0) is 4.79 Å². The van der Waals surface area contributed by atoms with E-state index in [4.69, 9.17) is 5.11 Å². The summed E-state index contributed by atoms with van der Waals surface area (Å²) >= 11 is 0. The van der Waals surface area contributed by atoms with Crippen LogP contribution >= 0.6 is 0 Å². The first-order chi connectivity index (χ1) is 7.71. The fourth-order valence-electron chi connectivity index (χ4n) is 1.33. The minimum Gasteiger partial charge on any atom is -0.481 e. The molecule has 0 saturated heterocycles. The van der Waals surface area contributed by atoms with Crippen molar-refractivity contribution in [1.29, 1.82) is 0 Å². The molecule has 17 heavy (non-hydrogen) atoms. The van der Waals surface area contributed by atoms with E-state index in [2.05, 4.69) is 0 Å². The van der Waals surface area contributed by atoms with Crippen LogP contribution in [0.2, 0.25) is 0 Å². The Balaban J connectivity index is 3.13. The first-order valence-electron chi connectivity index (χ1n) is 4.45. The third-order valence-electron chi connectivity index (χ3n) is 2.12. The topological polar surface area (TPSA) is 37.3 Å². The number of hydrogen-bond donors (Lipinski definition) is 1. The Bertz CT molecular complexity index is 427. The monoisotopic (exact) mass is 254 g/mol. The molecule has 0 aliphatic carbocycles. The van der Waals surface area contributed by atoms with Crippen LogP contribution in [0.4, 0.5) is 22.0 Å². The molecule has 94 valence electrons. The molecule has 0 fully saturated rings. The second kappa shape index (κ2) is 4.68. The van der Waals surface area contributed by atoms with E-state index in [9.17, 15) is 26.7 Å². The summed E-state index contributed by atoms with van der Waals surface area (Å²) in [6.07, 6.45) is -6.06. The van der Waals surface area contributed by atoms with Gasteiger partial charge in [-0.3, -0.25) is 4.79 Å². The van der Waals surface area contributed by atoms with Gasteiger partial charge >= 0.3 is 12.1 Å². The quantitative estimate of drug-likeness (QED) is 0.841. The largest absolute Gasteiger partial charge is 0.481 e. The minimum atomic E-state index is -4.83. The van der Waals surface area contributed by atoms with Crippen molar-refractivity contribution in [3.05, 3.63) is 35.4 Å². The Morgan fingerprint density at radius 1 is 1.24 bits per heavy atom. The van der Waals surface area contributed by atoms with Crippen molar-refractivity contribution in [2.45, 2.75) is 18.5 Å². The molecule has 0 aliphatic rings. The summed E-state index contributed by atoms with van der Waals surface area (Å²) in [5.74, 6) is -6.75. The number of benzene rings is 1. The van der Waals surface area contributed by atoms with Crippen LogP contribution in [0, 0.1) is 11.6 Å². The number of halogens is 5. The molecule has 0 bridgehead atoms. The molecule has 2 nitrogen and oxygen atoms in total. The molecule has 1 aromatic carbocycles. The van der Waals surface area contributed by atoms with Gasteiger partial charge in [-0.25, -0.2) is 8.78 Å². The van der Waals surface area contributed by atoms with Gasteiger partial charge in [0.1, 0.15) is 0 Å². The Hall–Kier alpha value is -1.66. The molecule has 1 unspecified atom stereocenters. The maximum absolute atomic E-state index is 12.8. The standard InChI is InChI=1S/C10H7F5O2/c11-7-2-1-5(3-8(7)12)6(4-9(16)17)10(13,14)15/h1-3,6H,4H2,(H,16,17). The van der Waals surface area contributed by atoms with Crippen LogP contribution in [0.3, 0.4) is 0 Å².